The number of hydrogen-bond acceptors (Lipinski definition) is 6. The number of ether oxygens (including phenoxy) is 2. The molecular formula is C19H13Cl2F2N3O4S2. The normalized spacial score (nSPS) is 14.8. The first-order valence-electron chi connectivity index (χ1n) is 8.61. The number of urea groups is 1. The number of hydrazine groups is 1. The number of benzene rings is 2. The highest BCUT2D eigenvalue weighted by Crippen LogP contribution is 2.34. The second-order valence-corrected chi connectivity index (χ2v) is 8.49. The van der Waals surface area contributed by atoms with Crippen LogP contribution in [0.2, 0.25) is 10.0 Å². The number of carbonyl (C=O) groups excluding carboxylic acids is 2. The molecule has 2 aromatic carbocycles. The number of rotatable bonds is 6. The summed E-state index contributed by atoms with van der Waals surface area (Å²) >= 11 is 17.9. The maximum absolute atomic E-state index is 12.7. The van der Waals surface area contributed by atoms with Crippen molar-refractivity contribution in [1.82, 2.24) is 10.4 Å². The van der Waals surface area contributed by atoms with E-state index in [-0.39, 0.29) is 25.7 Å². The number of thioether (sulfide) groups is 1. The van der Waals surface area contributed by atoms with E-state index < -0.39 is 18.5 Å². The third-order valence-electron chi connectivity index (χ3n) is 3.89. The van der Waals surface area contributed by atoms with Crippen LogP contribution in [-0.2, 0) is 4.79 Å². The Morgan fingerprint density at radius 1 is 1.19 bits per heavy atom. The van der Waals surface area contributed by atoms with Gasteiger partial charge in [-0.25, -0.2) is 10.2 Å². The number of carbonyl (C=O) groups is 2. The monoisotopic (exact) mass is 519 g/mol. The molecule has 1 aliphatic heterocycles. The summed E-state index contributed by atoms with van der Waals surface area (Å²) in [6.45, 7) is -3.01. The lowest BCUT2D eigenvalue weighted by molar-refractivity contribution is -0.123. The van der Waals surface area contributed by atoms with Gasteiger partial charge in [-0.2, -0.15) is 13.8 Å². The van der Waals surface area contributed by atoms with Crippen LogP contribution in [0.25, 0.3) is 6.08 Å². The van der Waals surface area contributed by atoms with E-state index in [1.807, 2.05) is 0 Å². The van der Waals surface area contributed by atoms with Gasteiger partial charge in [-0.3, -0.25) is 4.79 Å². The van der Waals surface area contributed by atoms with Crippen LogP contribution in [0.4, 0.5) is 19.3 Å². The number of alkyl halides is 2. The maximum atomic E-state index is 12.7. The first kappa shape index (κ1) is 24.1. The topological polar surface area (TPSA) is 79.9 Å². The zero-order chi connectivity index (χ0) is 23.4. The van der Waals surface area contributed by atoms with E-state index in [0.717, 1.165) is 16.8 Å². The number of halogens is 4. The molecule has 7 nitrogen and oxygen atoms in total. The third-order valence-corrected chi connectivity index (χ3v) is 5.93. The smallest absolute Gasteiger partial charge is 0.387 e. The minimum atomic E-state index is -3.01. The Labute approximate surface area is 200 Å². The number of anilines is 1. The van der Waals surface area contributed by atoms with Crippen molar-refractivity contribution < 1.29 is 27.8 Å². The molecule has 3 amide bonds. The Hall–Kier alpha value is -2.60. The van der Waals surface area contributed by atoms with Gasteiger partial charge in [-0.15, -0.1) is 0 Å². The van der Waals surface area contributed by atoms with Gasteiger partial charge in [-0.1, -0.05) is 41.0 Å². The van der Waals surface area contributed by atoms with E-state index in [1.54, 1.807) is 0 Å². The molecule has 2 N–H and O–H groups in total. The van der Waals surface area contributed by atoms with E-state index >= 15 is 0 Å². The second-order valence-electron chi connectivity index (χ2n) is 6.00. The van der Waals surface area contributed by atoms with Crippen LogP contribution in [0.3, 0.4) is 0 Å². The Morgan fingerprint density at radius 3 is 2.59 bits per heavy atom. The molecule has 1 saturated heterocycles. The molecule has 3 rings (SSSR count). The number of nitrogens with one attached hydrogen (secondary N) is 2. The number of methoxy groups -OCH3 is 1. The first-order valence-corrected chi connectivity index (χ1v) is 10.6. The molecule has 13 heteroatoms. The first-order chi connectivity index (χ1) is 15.2. The zero-order valence-electron chi connectivity index (χ0n) is 16.0. The van der Waals surface area contributed by atoms with Crippen LogP contribution in [0.15, 0.2) is 41.3 Å². The number of hydrogen-bond donors (Lipinski definition) is 2. The lowest BCUT2D eigenvalue weighted by Crippen LogP contribution is -2.46. The number of nitrogens with zero attached hydrogens (tertiary/aromatic N) is 1. The molecule has 0 radical (unpaired) electrons. The van der Waals surface area contributed by atoms with E-state index in [1.165, 1.54) is 49.6 Å². The average molecular weight is 520 g/mol. The highest BCUT2D eigenvalue weighted by Gasteiger charge is 2.33. The van der Waals surface area contributed by atoms with Gasteiger partial charge in [0.2, 0.25) is 0 Å². The van der Waals surface area contributed by atoms with Crippen molar-refractivity contribution in [3.05, 3.63) is 56.9 Å². The molecular weight excluding hydrogens is 507 g/mol. The van der Waals surface area contributed by atoms with Crippen molar-refractivity contribution in [3.8, 4) is 11.5 Å². The fourth-order valence-electron chi connectivity index (χ4n) is 2.52. The highest BCUT2D eigenvalue weighted by molar-refractivity contribution is 8.26. The van der Waals surface area contributed by atoms with E-state index in [2.05, 4.69) is 15.5 Å². The molecule has 0 aromatic heterocycles. The summed E-state index contributed by atoms with van der Waals surface area (Å²) in [6.07, 6.45) is 1.48. The van der Waals surface area contributed by atoms with E-state index in [4.69, 9.17) is 40.2 Å². The van der Waals surface area contributed by atoms with Crippen LogP contribution in [0.1, 0.15) is 5.56 Å². The predicted molar refractivity (Wildman–Crippen MR) is 123 cm³/mol. The van der Waals surface area contributed by atoms with Crippen molar-refractivity contribution >= 4 is 75.2 Å². The summed E-state index contributed by atoms with van der Waals surface area (Å²) in [5.74, 6) is -0.655. The third kappa shape index (κ3) is 5.80. The minimum absolute atomic E-state index is 0.0636. The number of thiocarbonyl (C=S) groups is 1. The standard InChI is InChI=1S/C19H13Cl2F2N3O4S2/c1-29-14-6-9(2-5-13(14)30-17(22)23)7-15-16(27)26(19(31)32-15)25-18(28)24-10-3-4-11(20)12(21)8-10/h2-8,17H,1H3,(H2,24,25,28)/b15-7-. The molecule has 1 aliphatic rings. The molecule has 0 spiro atoms. The largest absolute Gasteiger partial charge is 0.493 e. The van der Waals surface area contributed by atoms with Crippen LogP contribution in [-0.4, -0.2) is 35.0 Å². The Balaban J connectivity index is 1.71. The summed E-state index contributed by atoms with van der Waals surface area (Å²) in [7, 11) is 1.30. The van der Waals surface area contributed by atoms with Gasteiger partial charge in [0.1, 0.15) is 0 Å². The van der Waals surface area contributed by atoms with Gasteiger partial charge in [0.15, 0.2) is 15.8 Å². The molecule has 0 bridgehead atoms. The Kier molecular flexibility index (Phi) is 7.77. The predicted octanol–water partition coefficient (Wildman–Crippen LogP) is 5.54. The summed E-state index contributed by atoms with van der Waals surface area (Å²) in [5.41, 5.74) is 3.19. The highest BCUT2D eigenvalue weighted by atomic mass is 35.5. The van der Waals surface area contributed by atoms with Crippen LogP contribution < -0.4 is 20.2 Å². The van der Waals surface area contributed by atoms with Gasteiger partial charge in [0.05, 0.1) is 22.1 Å². The van der Waals surface area contributed by atoms with Crippen molar-refractivity contribution in [3.63, 3.8) is 0 Å². The SMILES string of the molecule is COc1cc(/C=C2\SC(=S)N(NC(=O)Nc3ccc(Cl)c(Cl)c3)C2=O)ccc1OC(F)F. The average Bonchev–Trinajstić information content (AvgIpc) is 2.98. The van der Waals surface area contributed by atoms with Crippen molar-refractivity contribution in [1.29, 1.82) is 0 Å². The fourth-order valence-corrected chi connectivity index (χ4v) is 3.99. The van der Waals surface area contributed by atoms with Gasteiger partial charge in [0, 0.05) is 5.69 Å². The van der Waals surface area contributed by atoms with Crippen molar-refractivity contribution in [2.75, 3.05) is 12.4 Å². The van der Waals surface area contributed by atoms with Crippen molar-refractivity contribution in [2.24, 2.45) is 0 Å². The maximum Gasteiger partial charge on any atom is 0.387 e. The van der Waals surface area contributed by atoms with Crippen LogP contribution >= 0.6 is 47.2 Å². The lowest BCUT2D eigenvalue weighted by atomic mass is 10.2. The summed E-state index contributed by atoms with van der Waals surface area (Å²) in [5, 5.41) is 3.99. The van der Waals surface area contributed by atoms with Crippen LogP contribution in [0.5, 0.6) is 11.5 Å². The summed E-state index contributed by atoms with van der Waals surface area (Å²) in [4.78, 5) is 25.1. The summed E-state index contributed by atoms with van der Waals surface area (Å²) in [6, 6.07) is 7.95. The molecule has 168 valence electrons. The zero-order valence-corrected chi connectivity index (χ0v) is 19.2. The quantitative estimate of drug-likeness (QED) is 0.385. The van der Waals surface area contributed by atoms with Gasteiger partial charge in [0.25, 0.3) is 5.91 Å². The molecule has 0 unspecified atom stereocenters. The second kappa shape index (κ2) is 10.3. The van der Waals surface area contributed by atoms with E-state index in [0.29, 0.717) is 16.3 Å². The summed E-state index contributed by atoms with van der Waals surface area (Å²) < 4.78 is 34.5. The van der Waals surface area contributed by atoms with Crippen molar-refractivity contribution in [2.45, 2.75) is 6.61 Å². The fraction of sp³-hybridized carbons (Fsp3) is 0.105. The Bertz CT molecular complexity index is 1120. The molecule has 1 fully saturated rings. The van der Waals surface area contributed by atoms with E-state index in [9.17, 15) is 18.4 Å². The molecule has 0 aliphatic carbocycles. The molecule has 0 atom stereocenters. The molecule has 1 heterocycles. The van der Waals surface area contributed by atoms with Gasteiger partial charge < -0.3 is 14.8 Å². The molecule has 0 saturated carbocycles. The minimum Gasteiger partial charge on any atom is -0.493 e. The van der Waals surface area contributed by atoms with Crippen LogP contribution in [0, 0.1) is 0 Å². The molecule has 2 aromatic rings. The number of amides is 3. The molecule has 32 heavy (non-hydrogen) atoms. The van der Waals surface area contributed by atoms with Gasteiger partial charge in [-0.05, 0) is 54.2 Å². The Morgan fingerprint density at radius 2 is 1.94 bits per heavy atom. The van der Waals surface area contributed by atoms with Gasteiger partial charge >= 0.3 is 12.6 Å². The lowest BCUT2D eigenvalue weighted by Gasteiger charge is -2.16.